The molecule has 4 heteroatoms. The van der Waals surface area contributed by atoms with E-state index in [1.54, 1.807) is 14.2 Å². The Kier molecular flexibility index (Phi) is 2.52. The molecule has 1 unspecified atom stereocenters. The lowest BCUT2D eigenvalue weighted by Crippen LogP contribution is -2.15. The van der Waals surface area contributed by atoms with Gasteiger partial charge in [-0.25, -0.2) is 0 Å². The van der Waals surface area contributed by atoms with E-state index in [0.29, 0.717) is 0 Å². The van der Waals surface area contributed by atoms with E-state index in [2.05, 4.69) is 12.2 Å². The van der Waals surface area contributed by atoms with Gasteiger partial charge in [0.1, 0.15) is 4.99 Å². The lowest BCUT2D eigenvalue weighted by molar-refractivity contribution is 0.354. The Bertz CT molecular complexity index is 417. The lowest BCUT2D eigenvalue weighted by atomic mass is 10.1. The minimum absolute atomic E-state index is 0.243. The van der Waals surface area contributed by atoms with Crippen molar-refractivity contribution in [3.8, 4) is 11.5 Å². The Morgan fingerprint density at radius 1 is 1.20 bits per heavy atom. The summed E-state index contributed by atoms with van der Waals surface area (Å²) in [7, 11) is 3.26. The summed E-state index contributed by atoms with van der Waals surface area (Å²) in [6.07, 6.45) is 0. The van der Waals surface area contributed by atoms with E-state index in [4.69, 9.17) is 21.7 Å². The maximum atomic E-state index is 5.25. The van der Waals surface area contributed by atoms with Gasteiger partial charge in [-0.2, -0.15) is 0 Å². The Morgan fingerprint density at radius 2 is 1.80 bits per heavy atom. The first-order valence-corrected chi connectivity index (χ1v) is 5.15. The van der Waals surface area contributed by atoms with Gasteiger partial charge in [-0.05, 0) is 24.6 Å². The molecule has 1 heterocycles. The van der Waals surface area contributed by atoms with Crippen molar-refractivity contribution in [2.75, 3.05) is 14.2 Å². The molecule has 0 aliphatic carbocycles. The summed E-state index contributed by atoms with van der Waals surface area (Å²) >= 11 is 5.23. The third-order valence-electron chi connectivity index (χ3n) is 2.61. The van der Waals surface area contributed by atoms with Crippen LogP contribution in [0.25, 0.3) is 0 Å². The Balaban J connectivity index is 2.58. The van der Waals surface area contributed by atoms with E-state index < -0.39 is 0 Å². The van der Waals surface area contributed by atoms with Crippen molar-refractivity contribution < 1.29 is 9.47 Å². The van der Waals surface area contributed by atoms with E-state index >= 15 is 0 Å². The first-order valence-electron chi connectivity index (χ1n) is 4.74. The molecular formula is C11H13NO2S. The van der Waals surface area contributed by atoms with Crippen molar-refractivity contribution in [2.24, 2.45) is 0 Å². The standard InChI is InChI=1S/C11H13NO2S/c1-6-7-4-9(13-2)10(14-3)5-8(7)11(15)12-6/h4-6H,1-3H3,(H,12,15). The fraction of sp³-hybridized carbons (Fsp3) is 0.364. The molecule has 1 aliphatic heterocycles. The fourth-order valence-electron chi connectivity index (χ4n) is 1.80. The van der Waals surface area contributed by atoms with Crippen LogP contribution in [-0.4, -0.2) is 19.2 Å². The number of benzene rings is 1. The number of hydrogen-bond acceptors (Lipinski definition) is 3. The van der Waals surface area contributed by atoms with Gasteiger partial charge in [0.15, 0.2) is 11.5 Å². The molecule has 0 spiro atoms. The molecule has 0 amide bonds. The second-order valence-corrected chi connectivity index (χ2v) is 3.90. The highest BCUT2D eigenvalue weighted by molar-refractivity contribution is 7.80. The average Bonchev–Trinajstić information content (AvgIpc) is 2.52. The van der Waals surface area contributed by atoms with Crippen LogP contribution in [-0.2, 0) is 0 Å². The van der Waals surface area contributed by atoms with E-state index in [1.807, 2.05) is 12.1 Å². The van der Waals surface area contributed by atoms with Gasteiger partial charge in [0.25, 0.3) is 0 Å². The predicted molar refractivity (Wildman–Crippen MR) is 62.8 cm³/mol. The van der Waals surface area contributed by atoms with Gasteiger partial charge in [0, 0.05) is 5.56 Å². The monoisotopic (exact) mass is 223 g/mol. The number of nitrogens with one attached hydrogen (secondary N) is 1. The summed E-state index contributed by atoms with van der Waals surface area (Å²) < 4.78 is 10.5. The molecule has 0 bridgehead atoms. The molecule has 0 radical (unpaired) electrons. The number of rotatable bonds is 2. The van der Waals surface area contributed by atoms with E-state index in [0.717, 1.165) is 27.6 Å². The minimum atomic E-state index is 0.243. The van der Waals surface area contributed by atoms with Crippen LogP contribution in [0.4, 0.5) is 0 Å². The van der Waals surface area contributed by atoms with Crippen LogP contribution in [0, 0.1) is 0 Å². The van der Waals surface area contributed by atoms with Crippen molar-refractivity contribution in [1.29, 1.82) is 0 Å². The summed E-state index contributed by atoms with van der Waals surface area (Å²) in [5, 5.41) is 3.21. The second-order valence-electron chi connectivity index (χ2n) is 3.49. The van der Waals surface area contributed by atoms with Crippen LogP contribution in [0.2, 0.25) is 0 Å². The van der Waals surface area contributed by atoms with Crippen LogP contribution in [0.5, 0.6) is 11.5 Å². The molecule has 0 aromatic heterocycles. The molecule has 3 nitrogen and oxygen atoms in total. The average molecular weight is 223 g/mol. The summed E-state index contributed by atoms with van der Waals surface area (Å²) in [5.41, 5.74) is 2.20. The van der Waals surface area contributed by atoms with E-state index in [-0.39, 0.29) is 6.04 Å². The van der Waals surface area contributed by atoms with Crippen LogP contribution >= 0.6 is 12.2 Å². The third kappa shape index (κ3) is 1.55. The van der Waals surface area contributed by atoms with E-state index in [1.165, 1.54) is 0 Å². The molecule has 1 aromatic rings. The van der Waals surface area contributed by atoms with Gasteiger partial charge in [-0.3, -0.25) is 0 Å². The highest BCUT2D eigenvalue weighted by Crippen LogP contribution is 2.36. The molecule has 1 N–H and O–H groups in total. The normalized spacial score (nSPS) is 18.3. The zero-order valence-corrected chi connectivity index (χ0v) is 9.77. The smallest absolute Gasteiger partial charge is 0.161 e. The molecule has 80 valence electrons. The van der Waals surface area contributed by atoms with Crippen LogP contribution in [0.15, 0.2) is 12.1 Å². The lowest BCUT2D eigenvalue weighted by Gasteiger charge is -2.10. The Hall–Kier alpha value is -1.29. The maximum absolute atomic E-state index is 5.25. The van der Waals surface area contributed by atoms with Crippen molar-refractivity contribution in [1.82, 2.24) is 5.32 Å². The maximum Gasteiger partial charge on any atom is 0.161 e. The fourth-order valence-corrected chi connectivity index (χ4v) is 2.16. The van der Waals surface area contributed by atoms with Gasteiger partial charge in [-0.1, -0.05) is 12.2 Å². The molecule has 0 fully saturated rings. The molecule has 15 heavy (non-hydrogen) atoms. The van der Waals surface area contributed by atoms with Gasteiger partial charge in [0.05, 0.1) is 20.3 Å². The molecule has 1 aliphatic rings. The predicted octanol–water partition coefficient (Wildman–Crippen LogP) is 2.04. The molecule has 1 atom stereocenters. The summed E-state index contributed by atoms with van der Waals surface area (Å²) in [4.78, 5) is 0.776. The Labute approximate surface area is 94.4 Å². The zero-order chi connectivity index (χ0) is 11.0. The van der Waals surface area contributed by atoms with Crippen molar-refractivity contribution in [3.05, 3.63) is 23.3 Å². The summed E-state index contributed by atoms with van der Waals surface area (Å²) in [6, 6.07) is 4.14. The van der Waals surface area contributed by atoms with Crippen LogP contribution < -0.4 is 14.8 Å². The van der Waals surface area contributed by atoms with Crippen molar-refractivity contribution in [3.63, 3.8) is 0 Å². The van der Waals surface area contributed by atoms with Crippen LogP contribution in [0.3, 0.4) is 0 Å². The van der Waals surface area contributed by atoms with Gasteiger partial charge < -0.3 is 14.8 Å². The first kappa shape index (κ1) is 10.2. The first-order chi connectivity index (χ1) is 7.17. The Morgan fingerprint density at radius 3 is 2.40 bits per heavy atom. The highest BCUT2D eigenvalue weighted by atomic mass is 32.1. The molecule has 0 saturated heterocycles. The van der Waals surface area contributed by atoms with Crippen molar-refractivity contribution in [2.45, 2.75) is 13.0 Å². The largest absolute Gasteiger partial charge is 0.493 e. The van der Waals surface area contributed by atoms with Gasteiger partial charge in [-0.15, -0.1) is 0 Å². The zero-order valence-electron chi connectivity index (χ0n) is 8.96. The van der Waals surface area contributed by atoms with Crippen molar-refractivity contribution >= 4 is 17.2 Å². The summed E-state index contributed by atoms with van der Waals surface area (Å²) in [5.74, 6) is 1.46. The summed E-state index contributed by atoms with van der Waals surface area (Å²) in [6.45, 7) is 2.07. The molecule has 0 saturated carbocycles. The van der Waals surface area contributed by atoms with Crippen LogP contribution in [0.1, 0.15) is 24.1 Å². The molecular weight excluding hydrogens is 210 g/mol. The SMILES string of the molecule is COc1cc2c(cc1OC)C(C)NC2=S. The topological polar surface area (TPSA) is 30.5 Å². The number of hydrogen-bond donors (Lipinski definition) is 1. The number of thiocarbonyl (C=S) groups is 1. The molecule has 2 rings (SSSR count). The number of methoxy groups -OCH3 is 2. The number of ether oxygens (including phenoxy) is 2. The van der Waals surface area contributed by atoms with E-state index in [9.17, 15) is 0 Å². The highest BCUT2D eigenvalue weighted by Gasteiger charge is 2.24. The number of fused-ring (bicyclic) bond motifs is 1. The van der Waals surface area contributed by atoms with Gasteiger partial charge in [0.2, 0.25) is 0 Å². The third-order valence-corrected chi connectivity index (χ3v) is 2.95. The van der Waals surface area contributed by atoms with Gasteiger partial charge >= 0.3 is 0 Å². The molecule has 1 aromatic carbocycles. The second kappa shape index (κ2) is 3.70. The minimum Gasteiger partial charge on any atom is -0.493 e. The quantitative estimate of drug-likeness (QED) is 0.777.